The topological polar surface area (TPSA) is 34.1 Å². The average molecular weight is 298 g/mol. The van der Waals surface area contributed by atoms with E-state index in [1.807, 2.05) is 13.8 Å². The molecule has 2 aromatic carbocycles. The maximum absolute atomic E-state index is 12.6. The van der Waals surface area contributed by atoms with E-state index < -0.39 is 9.84 Å². The molecule has 0 unspecified atom stereocenters. The third-order valence-corrected chi connectivity index (χ3v) is 5.10. The third kappa shape index (κ3) is 3.14. The quantitative estimate of drug-likeness (QED) is 0.827. The minimum absolute atomic E-state index is 0.288. The van der Waals surface area contributed by atoms with Gasteiger partial charge in [0.2, 0.25) is 9.84 Å². The molecule has 0 saturated carbocycles. The molecule has 0 N–H and O–H groups in total. The van der Waals surface area contributed by atoms with Gasteiger partial charge in [0.25, 0.3) is 0 Å². The molecule has 0 spiro atoms. The number of sulfone groups is 1. The van der Waals surface area contributed by atoms with Gasteiger partial charge in [-0.25, -0.2) is 8.42 Å². The minimum Gasteiger partial charge on any atom is -0.219 e. The Bertz CT molecular complexity index is 717. The summed E-state index contributed by atoms with van der Waals surface area (Å²) in [4.78, 5) is 0.575. The van der Waals surface area contributed by atoms with Crippen molar-refractivity contribution in [3.05, 3.63) is 72.8 Å². The molecule has 2 nitrogen and oxygen atoms in total. The van der Waals surface area contributed by atoms with Crippen molar-refractivity contribution in [3.8, 4) is 0 Å². The molecule has 21 heavy (non-hydrogen) atoms. The van der Waals surface area contributed by atoms with Crippen molar-refractivity contribution >= 4 is 21.0 Å². The average Bonchev–Trinajstić information content (AvgIpc) is 2.47. The third-order valence-electron chi connectivity index (χ3n) is 3.31. The molecule has 0 radical (unpaired) electrons. The van der Waals surface area contributed by atoms with Crippen molar-refractivity contribution in [1.82, 2.24) is 0 Å². The van der Waals surface area contributed by atoms with Crippen LogP contribution in [0.1, 0.15) is 25.0 Å². The summed E-state index contributed by atoms with van der Waals surface area (Å²) in [6.07, 6.45) is 0. The summed E-state index contributed by atoms with van der Waals surface area (Å²) in [6.45, 7) is 11.5. The summed E-state index contributed by atoms with van der Waals surface area (Å²) in [5.41, 5.74) is 3.69. The highest BCUT2D eigenvalue weighted by molar-refractivity contribution is 7.91. The summed E-state index contributed by atoms with van der Waals surface area (Å²) in [5, 5.41) is 0. The van der Waals surface area contributed by atoms with Crippen molar-refractivity contribution in [2.45, 2.75) is 23.6 Å². The van der Waals surface area contributed by atoms with Crippen LogP contribution in [0.2, 0.25) is 0 Å². The van der Waals surface area contributed by atoms with Crippen LogP contribution < -0.4 is 0 Å². The van der Waals surface area contributed by atoms with Crippen molar-refractivity contribution < 1.29 is 8.42 Å². The van der Waals surface area contributed by atoms with E-state index in [9.17, 15) is 8.42 Å². The molecule has 108 valence electrons. The Kier molecular flexibility index (Phi) is 4.14. The van der Waals surface area contributed by atoms with Gasteiger partial charge in [-0.05, 0) is 49.2 Å². The van der Waals surface area contributed by atoms with Gasteiger partial charge in [-0.2, -0.15) is 0 Å². The first-order chi connectivity index (χ1) is 9.82. The molecule has 2 rings (SSSR count). The molecule has 0 aliphatic rings. The van der Waals surface area contributed by atoms with E-state index in [4.69, 9.17) is 0 Å². The molecule has 0 fully saturated rings. The van der Waals surface area contributed by atoms with Gasteiger partial charge < -0.3 is 0 Å². The fourth-order valence-corrected chi connectivity index (χ4v) is 3.23. The highest BCUT2D eigenvalue weighted by Crippen LogP contribution is 2.24. The predicted octanol–water partition coefficient (Wildman–Crippen LogP) is 4.59. The second-order valence-electron chi connectivity index (χ2n) is 5.11. The molecule has 0 heterocycles. The van der Waals surface area contributed by atoms with Gasteiger partial charge in [0, 0.05) is 0 Å². The summed E-state index contributed by atoms with van der Waals surface area (Å²) < 4.78 is 25.1. The summed E-state index contributed by atoms with van der Waals surface area (Å²) in [6, 6.07) is 13.6. The van der Waals surface area contributed by atoms with E-state index in [0.717, 1.165) is 22.3 Å². The van der Waals surface area contributed by atoms with E-state index in [-0.39, 0.29) is 9.79 Å². The van der Waals surface area contributed by atoms with Crippen LogP contribution in [-0.4, -0.2) is 8.42 Å². The van der Waals surface area contributed by atoms with Crippen molar-refractivity contribution in [2.75, 3.05) is 0 Å². The number of allylic oxidation sites excluding steroid dienone is 2. The summed E-state index contributed by atoms with van der Waals surface area (Å²) in [5.74, 6) is 0. The molecule has 0 atom stereocenters. The van der Waals surface area contributed by atoms with Crippen LogP contribution in [0.5, 0.6) is 0 Å². The van der Waals surface area contributed by atoms with Crippen molar-refractivity contribution in [1.29, 1.82) is 0 Å². The molecular weight excluding hydrogens is 280 g/mol. The molecule has 0 bridgehead atoms. The highest BCUT2D eigenvalue weighted by atomic mass is 32.2. The second kappa shape index (κ2) is 5.70. The largest absolute Gasteiger partial charge is 0.219 e. The maximum atomic E-state index is 12.6. The predicted molar refractivity (Wildman–Crippen MR) is 87.8 cm³/mol. The van der Waals surface area contributed by atoms with E-state index in [1.165, 1.54) is 0 Å². The highest BCUT2D eigenvalue weighted by Gasteiger charge is 2.17. The van der Waals surface area contributed by atoms with Crippen LogP contribution in [0.15, 0.2) is 71.5 Å². The SMILES string of the molecule is C=C(C)c1ccc(S(=O)(=O)c2ccc(C(=C)C)cc2)cc1. The van der Waals surface area contributed by atoms with Gasteiger partial charge in [0.05, 0.1) is 9.79 Å². The van der Waals surface area contributed by atoms with E-state index in [1.54, 1.807) is 48.5 Å². The van der Waals surface area contributed by atoms with Crippen LogP contribution in [0, 0.1) is 0 Å². The zero-order valence-corrected chi connectivity index (χ0v) is 13.1. The smallest absolute Gasteiger partial charge is 0.206 e. The zero-order chi connectivity index (χ0) is 15.6. The normalized spacial score (nSPS) is 11.1. The van der Waals surface area contributed by atoms with Gasteiger partial charge in [0.15, 0.2) is 0 Å². The van der Waals surface area contributed by atoms with Crippen molar-refractivity contribution in [3.63, 3.8) is 0 Å². The number of hydrogen-bond donors (Lipinski definition) is 0. The first kappa shape index (κ1) is 15.3. The number of rotatable bonds is 4. The molecular formula is C18H18O2S. The van der Waals surface area contributed by atoms with Gasteiger partial charge in [-0.3, -0.25) is 0 Å². The van der Waals surface area contributed by atoms with Crippen LogP contribution in [0.4, 0.5) is 0 Å². The lowest BCUT2D eigenvalue weighted by atomic mass is 10.1. The molecule has 0 aliphatic heterocycles. The number of benzene rings is 2. The summed E-state index contributed by atoms with van der Waals surface area (Å²) in [7, 11) is -3.48. The first-order valence-corrected chi connectivity index (χ1v) is 8.07. The van der Waals surface area contributed by atoms with Gasteiger partial charge in [-0.15, -0.1) is 0 Å². The lowest BCUT2D eigenvalue weighted by molar-refractivity contribution is 0.596. The Labute approximate surface area is 126 Å². The van der Waals surface area contributed by atoms with Gasteiger partial charge in [-0.1, -0.05) is 48.6 Å². The van der Waals surface area contributed by atoms with Gasteiger partial charge in [0.1, 0.15) is 0 Å². The lowest BCUT2D eigenvalue weighted by Crippen LogP contribution is -2.02. The Morgan fingerprint density at radius 2 is 1.00 bits per heavy atom. The van der Waals surface area contributed by atoms with Crippen LogP contribution in [0.25, 0.3) is 11.1 Å². The Balaban J connectivity index is 2.41. The molecule has 0 saturated heterocycles. The van der Waals surface area contributed by atoms with Crippen LogP contribution in [-0.2, 0) is 9.84 Å². The fourth-order valence-electron chi connectivity index (χ4n) is 1.97. The minimum atomic E-state index is -3.48. The number of hydrogen-bond acceptors (Lipinski definition) is 2. The molecule has 0 aromatic heterocycles. The monoisotopic (exact) mass is 298 g/mol. The van der Waals surface area contributed by atoms with E-state index in [0.29, 0.717) is 0 Å². The molecule has 0 amide bonds. The Morgan fingerprint density at radius 3 is 1.24 bits per heavy atom. The van der Waals surface area contributed by atoms with E-state index in [2.05, 4.69) is 13.2 Å². The van der Waals surface area contributed by atoms with Gasteiger partial charge >= 0.3 is 0 Å². The fraction of sp³-hybridized carbons (Fsp3) is 0.111. The molecule has 3 heteroatoms. The standard InChI is InChI=1S/C18H18O2S/c1-13(2)15-5-9-17(10-6-15)21(19,20)18-11-7-16(8-12-18)14(3)4/h5-12H,1,3H2,2,4H3. The van der Waals surface area contributed by atoms with Crippen molar-refractivity contribution in [2.24, 2.45) is 0 Å². The molecule has 0 aliphatic carbocycles. The Hall–Kier alpha value is -2.13. The molecule has 2 aromatic rings. The zero-order valence-electron chi connectivity index (χ0n) is 12.3. The second-order valence-corrected chi connectivity index (χ2v) is 7.06. The van der Waals surface area contributed by atoms with E-state index >= 15 is 0 Å². The lowest BCUT2D eigenvalue weighted by Gasteiger charge is -2.07. The van der Waals surface area contributed by atoms with Crippen LogP contribution >= 0.6 is 0 Å². The Morgan fingerprint density at radius 1 is 0.714 bits per heavy atom. The maximum Gasteiger partial charge on any atom is 0.206 e. The summed E-state index contributed by atoms with van der Waals surface area (Å²) >= 11 is 0. The van der Waals surface area contributed by atoms with Crippen LogP contribution in [0.3, 0.4) is 0 Å². The first-order valence-electron chi connectivity index (χ1n) is 6.59.